The zero-order valence-corrected chi connectivity index (χ0v) is 10.8. The van der Waals surface area contributed by atoms with Crippen LogP contribution in [0.25, 0.3) is 0 Å². The highest BCUT2D eigenvalue weighted by Gasteiger charge is 2.18. The first-order valence-electron chi connectivity index (χ1n) is 5.65. The van der Waals surface area contributed by atoms with Gasteiger partial charge in [0.2, 0.25) is 0 Å². The van der Waals surface area contributed by atoms with Gasteiger partial charge in [-0.05, 0) is 20.8 Å². The van der Waals surface area contributed by atoms with Gasteiger partial charge in [-0.25, -0.2) is 0 Å². The molecule has 0 saturated carbocycles. The summed E-state index contributed by atoms with van der Waals surface area (Å²) in [5.41, 5.74) is 1.48. The molecule has 5 nitrogen and oxygen atoms in total. The van der Waals surface area contributed by atoms with Crippen LogP contribution >= 0.6 is 0 Å². The Morgan fingerprint density at radius 3 is 2.76 bits per heavy atom. The lowest BCUT2D eigenvalue weighted by Gasteiger charge is -2.15. The molecule has 1 heterocycles. The second kappa shape index (κ2) is 5.48. The normalized spacial score (nSPS) is 10.4. The van der Waals surface area contributed by atoms with Crippen LogP contribution in [0.15, 0.2) is 6.20 Å². The summed E-state index contributed by atoms with van der Waals surface area (Å²) in [7, 11) is 1.70. The molecule has 0 aliphatic heterocycles. The number of nitriles is 1. The molecule has 0 aromatic carbocycles. The van der Waals surface area contributed by atoms with Gasteiger partial charge in [-0.15, -0.1) is 0 Å². The van der Waals surface area contributed by atoms with Gasteiger partial charge in [0, 0.05) is 25.3 Å². The van der Waals surface area contributed by atoms with Crippen molar-refractivity contribution in [1.82, 2.24) is 14.7 Å². The summed E-state index contributed by atoms with van der Waals surface area (Å²) < 4.78 is 1.82. The second-order valence-electron chi connectivity index (χ2n) is 4.32. The number of nitrogens with zero attached hydrogens (tertiary/aromatic N) is 4. The molecule has 0 aliphatic carbocycles. The molecule has 0 bridgehead atoms. The zero-order valence-electron chi connectivity index (χ0n) is 10.8. The van der Waals surface area contributed by atoms with E-state index in [-0.39, 0.29) is 11.9 Å². The van der Waals surface area contributed by atoms with E-state index in [1.54, 1.807) is 18.1 Å². The number of carbonyl (C=O) groups excluding carboxylic acids is 1. The van der Waals surface area contributed by atoms with Gasteiger partial charge >= 0.3 is 0 Å². The Morgan fingerprint density at radius 2 is 2.29 bits per heavy atom. The highest BCUT2D eigenvalue weighted by molar-refractivity contribution is 5.94. The molecular weight excluding hydrogens is 216 g/mol. The van der Waals surface area contributed by atoms with Crippen LogP contribution in [0.3, 0.4) is 0 Å². The fourth-order valence-corrected chi connectivity index (χ4v) is 1.68. The van der Waals surface area contributed by atoms with Gasteiger partial charge in [-0.1, -0.05) is 0 Å². The van der Waals surface area contributed by atoms with E-state index in [0.29, 0.717) is 18.5 Å². The molecule has 0 radical (unpaired) electrons. The summed E-state index contributed by atoms with van der Waals surface area (Å²) in [5.74, 6) is -0.0790. The van der Waals surface area contributed by atoms with E-state index >= 15 is 0 Å². The summed E-state index contributed by atoms with van der Waals surface area (Å²) in [6.45, 7) is 6.38. The molecule has 5 heteroatoms. The summed E-state index contributed by atoms with van der Waals surface area (Å²) in [6.07, 6.45) is 1.94. The van der Waals surface area contributed by atoms with Crippen LogP contribution in [-0.2, 0) is 0 Å². The van der Waals surface area contributed by atoms with Crippen molar-refractivity contribution >= 4 is 5.91 Å². The van der Waals surface area contributed by atoms with Crippen LogP contribution < -0.4 is 0 Å². The molecule has 0 atom stereocenters. The van der Waals surface area contributed by atoms with Gasteiger partial charge in [-0.3, -0.25) is 9.48 Å². The number of aromatic nitrogens is 2. The molecule has 17 heavy (non-hydrogen) atoms. The molecular formula is C12H18N4O. The van der Waals surface area contributed by atoms with Crippen molar-refractivity contribution in [2.24, 2.45) is 0 Å². The smallest absolute Gasteiger partial charge is 0.257 e. The molecule has 1 aromatic heterocycles. The van der Waals surface area contributed by atoms with E-state index in [1.165, 1.54) is 0 Å². The molecule has 0 saturated heterocycles. The third-order valence-corrected chi connectivity index (χ3v) is 2.67. The summed E-state index contributed by atoms with van der Waals surface area (Å²) in [4.78, 5) is 13.6. The van der Waals surface area contributed by atoms with Gasteiger partial charge in [0.25, 0.3) is 5.91 Å². The first kappa shape index (κ1) is 13.2. The highest BCUT2D eigenvalue weighted by atomic mass is 16.2. The first-order valence-corrected chi connectivity index (χ1v) is 5.65. The van der Waals surface area contributed by atoms with Crippen LogP contribution in [0.1, 0.15) is 42.4 Å². The highest BCUT2D eigenvalue weighted by Crippen LogP contribution is 2.14. The summed E-state index contributed by atoms with van der Waals surface area (Å²) in [6, 6.07) is 2.27. The Morgan fingerprint density at radius 1 is 1.65 bits per heavy atom. The number of rotatable bonds is 4. The molecule has 0 N–H and O–H groups in total. The average molecular weight is 234 g/mol. The largest absolute Gasteiger partial charge is 0.341 e. The first-order chi connectivity index (χ1) is 7.99. The number of amides is 1. The fourth-order valence-electron chi connectivity index (χ4n) is 1.68. The second-order valence-corrected chi connectivity index (χ2v) is 4.32. The lowest BCUT2D eigenvalue weighted by molar-refractivity contribution is 0.0797. The van der Waals surface area contributed by atoms with Crippen molar-refractivity contribution in [1.29, 1.82) is 5.26 Å². The Kier molecular flexibility index (Phi) is 4.27. The zero-order chi connectivity index (χ0) is 13.0. The molecule has 0 spiro atoms. The third-order valence-electron chi connectivity index (χ3n) is 2.67. The predicted octanol–water partition coefficient (Wildman–Crippen LogP) is 1.76. The Balaban J connectivity index is 2.87. The Bertz CT molecular complexity index is 442. The Labute approximate surface area is 102 Å². The van der Waals surface area contributed by atoms with Gasteiger partial charge in [-0.2, -0.15) is 10.4 Å². The van der Waals surface area contributed by atoms with Gasteiger partial charge in [0.05, 0.1) is 24.3 Å². The summed E-state index contributed by atoms with van der Waals surface area (Å²) in [5, 5.41) is 12.7. The van der Waals surface area contributed by atoms with Gasteiger partial charge in [0.1, 0.15) is 0 Å². The van der Waals surface area contributed by atoms with Crippen LogP contribution in [0, 0.1) is 18.3 Å². The predicted molar refractivity (Wildman–Crippen MR) is 64.5 cm³/mol. The van der Waals surface area contributed by atoms with Crippen molar-refractivity contribution in [3.05, 3.63) is 17.5 Å². The number of hydrogen-bond donors (Lipinski definition) is 0. The van der Waals surface area contributed by atoms with E-state index in [0.717, 1.165) is 5.69 Å². The van der Waals surface area contributed by atoms with E-state index in [9.17, 15) is 4.79 Å². The molecule has 0 aliphatic rings. The molecule has 0 fully saturated rings. The van der Waals surface area contributed by atoms with Crippen molar-refractivity contribution < 1.29 is 4.79 Å². The van der Waals surface area contributed by atoms with E-state index < -0.39 is 0 Å². The van der Waals surface area contributed by atoms with E-state index in [2.05, 4.69) is 5.10 Å². The van der Waals surface area contributed by atoms with Crippen LogP contribution in [0.2, 0.25) is 0 Å². The number of hydrogen-bond acceptors (Lipinski definition) is 3. The molecule has 0 unspecified atom stereocenters. The SMILES string of the molecule is Cc1c(C(=O)N(C)CCC#N)cnn1C(C)C. The minimum atomic E-state index is -0.0790. The molecule has 92 valence electrons. The fraction of sp³-hybridized carbons (Fsp3) is 0.583. The maximum Gasteiger partial charge on any atom is 0.257 e. The molecule has 1 aromatic rings. The molecule has 1 rings (SSSR count). The monoisotopic (exact) mass is 234 g/mol. The van der Waals surface area contributed by atoms with Crippen LogP contribution in [0.4, 0.5) is 0 Å². The van der Waals surface area contributed by atoms with E-state index in [1.807, 2.05) is 31.5 Å². The van der Waals surface area contributed by atoms with Crippen LogP contribution in [-0.4, -0.2) is 34.2 Å². The summed E-state index contributed by atoms with van der Waals surface area (Å²) >= 11 is 0. The van der Waals surface area contributed by atoms with Gasteiger partial charge < -0.3 is 4.90 Å². The van der Waals surface area contributed by atoms with Crippen molar-refractivity contribution in [3.8, 4) is 6.07 Å². The lowest BCUT2D eigenvalue weighted by Crippen LogP contribution is -2.28. The molecule has 1 amide bonds. The van der Waals surface area contributed by atoms with Crippen molar-refractivity contribution in [3.63, 3.8) is 0 Å². The minimum absolute atomic E-state index is 0.0790. The lowest BCUT2D eigenvalue weighted by atomic mass is 10.2. The van der Waals surface area contributed by atoms with Gasteiger partial charge in [0.15, 0.2) is 0 Å². The minimum Gasteiger partial charge on any atom is -0.341 e. The topological polar surface area (TPSA) is 61.9 Å². The maximum absolute atomic E-state index is 12.1. The van der Waals surface area contributed by atoms with Crippen LogP contribution in [0.5, 0.6) is 0 Å². The number of carbonyl (C=O) groups is 1. The third kappa shape index (κ3) is 2.84. The Hall–Kier alpha value is -1.83. The maximum atomic E-state index is 12.1. The van der Waals surface area contributed by atoms with Crippen molar-refractivity contribution in [2.75, 3.05) is 13.6 Å². The quantitative estimate of drug-likeness (QED) is 0.797. The van der Waals surface area contributed by atoms with Crippen molar-refractivity contribution in [2.45, 2.75) is 33.2 Å². The standard InChI is InChI=1S/C12H18N4O/c1-9(2)16-10(3)11(8-14-16)12(17)15(4)7-5-6-13/h8-9H,5,7H2,1-4H3. The average Bonchev–Trinajstić information content (AvgIpc) is 2.67. The van der Waals surface area contributed by atoms with E-state index in [4.69, 9.17) is 5.26 Å².